The zero-order chi connectivity index (χ0) is 26.7. The highest BCUT2D eigenvalue weighted by atomic mass is 32.1. The van der Waals surface area contributed by atoms with Gasteiger partial charge in [-0.15, -0.1) is 10.2 Å². The molecule has 1 aromatic heterocycles. The molecule has 0 bridgehead atoms. The van der Waals surface area contributed by atoms with E-state index in [1.165, 1.54) is 17.3 Å². The number of anilines is 1. The van der Waals surface area contributed by atoms with E-state index in [4.69, 9.17) is 9.47 Å². The smallest absolute Gasteiger partial charge is 0.257 e. The zero-order valence-corrected chi connectivity index (χ0v) is 21.8. The van der Waals surface area contributed by atoms with Gasteiger partial charge in [-0.3, -0.25) is 14.9 Å². The molecule has 0 atom stereocenters. The van der Waals surface area contributed by atoms with Crippen molar-refractivity contribution in [3.8, 4) is 11.5 Å². The van der Waals surface area contributed by atoms with Gasteiger partial charge in [-0.2, -0.15) is 5.10 Å². The first-order valence-corrected chi connectivity index (χ1v) is 12.7. The minimum absolute atomic E-state index is 0.0236. The third-order valence-corrected chi connectivity index (χ3v) is 6.27. The van der Waals surface area contributed by atoms with Crippen LogP contribution >= 0.6 is 11.3 Å². The molecule has 9 nitrogen and oxygen atoms in total. The Hall–Kier alpha value is -4.57. The minimum Gasteiger partial charge on any atom is -0.490 e. The molecule has 0 spiro atoms. The molecule has 4 rings (SSSR count). The molecule has 38 heavy (non-hydrogen) atoms. The number of rotatable bonds is 11. The van der Waals surface area contributed by atoms with E-state index in [1.54, 1.807) is 24.3 Å². The maximum Gasteiger partial charge on any atom is 0.257 e. The van der Waals surface area contributed by atoms with Crippen molar-refractivity contribution in [2.24, 2.45) is 5.10 Å². The van der Waals surface area contributed by atoms with Crippen LogP contribution in [0.3, 0.4) is 0 Å². The van der Waals surface area contributed by atoms with Gasteiger partial charge in [0.2, 0.25) is 11.0 Å². The molecule has 0 aliphatic rings. The average molecular weight is 530 g/mol. The van der Waals surface area contributed by atoms with Gasteiger partial charge in [0.1, 0.15) is 29.7 Å². The average Bonchev–Trinajstić information content (AvgIpc) is 3.36. The zero-order valence-electron chi connectivity index (χ0n) is 21.0. The minimum atomic E-state index is -0.362. The third kappa shape index (κ3) is 7.71. The van der Waals surface area contributed by atoms with Gasteiger partial charge in [0.25, 0.3) is 5.91 Å². The van der Waals surface area contributed by atoms with E-state index in [0.717, 1.165) is 17.1 Å². The molecule has 0 saturated carbocycles. The standard InChI is InChI=1S/C28H27N5O4S/c1-19-12-13-23(16-20(19)2)36-14-15-37-24-11-7-6-10-22(24)18-29-31-25(34)17-26-32-33-28(38-26)30-27(35)21-8-4-3-5-9-21/h3-13,16,18H,14-15,17H2,1-2H3,(H,31,34)(H,30,33,35). The van der Waals surface area contributed by atoms with Crippen molar-refractivity contribution in [2.45, 2.75) is 20.3 Å². The van der Waals surface area contributed by atoms with Crippen LogP contribution in [-0.4, -0.2) is 41.4 Å². The van der Waals surface area contributed by atoms with Gasteiger partial charge in [-0.1, -0.05) is 47.7 Å². The second-order valence-corrected chi connectivity index (χ2v) is 9.33. The van der Waals surface area contributed by atoms with Gasteiger partial charge in [0, 0.05) is 11.1 Å². The van der Waals surface area contributed by atoms with Crippen molar-refractivity contribution in [3.63, 3.8) is 0 Å². The number of amides is 2. The largest absolute Gasteiger partial charge is 0.490 e. The first-order chi connectivity index (χ1) is 18.5. The van der Waals surface area contributed by atoms with Gasteiger partial charge in [-0.05, 0) is 61.4 Å². The number of nitrogens with zero attached hydrogens (tertiary/aromatic N) is 3. The molecular weight excluding hydrogens is 502 g/mol. The Balaban J connectivity index is 1.23. The molecule has 0 radical (unpaired) electrons. The Kier molecular flexibility index (Phi) is 9.14. The molecule has 3 aromatic carbocycles. The second kappa shape index (κ2) is 13.1. The monoisotopic (exact) mass is 529 g/mol. The first-order valence-electron chi connectivity index (χ1n) is 11.9. The third-order valence-electron chi connectivity index (χ3n) is 5.43. The Bertz CT molecular complexity index is 1420. The summed E-state index contributed by atoms with van der Waals surface area (Å²) in [7, 11) is 0. The molecule has 2 N–H and O–H groups in total. The fourth-order valence-electron chi connectivity index (χ4n) is 3.32. The van der Waals surface area contributed by atoms with Crippen LogP contribution in [0.2, 0.25) is 0 Å². The maximum absolute atomic E-state index is 12.3. The van der Waals surface area contributed by atoms with Crippen molar-refractivity contribution >= 4 is 34.5 Å². The van der Waals surface area contributed by atoms with Gasteiger partial charge >= 0.3 is 0 Å². The first kappa shape index (κ1) is 26.5. The number of hydrogen-bond acceptors (Lipinski definition) is 8. The van der Waals surface area contributed by atoms with Crippen LogP contribution in [0.15, 0.2) is 77.9 Å². The Labute approximate surface area is 224 Å². The number of aromatic nitrogens is 2. The topological polar surface area (TPSA) is 115 Å². The van der Waals surface area contributed by atoms with Crippen molar-refractivity contribution in [2.75, 3.05) is 18.5 Å². The van der Waals surface area contributed by atoms with Crippen LogP contribution < -0.4 is 20.2 Å². The lowest BCUT2D eigenvalue weighted by molar-refractivity contribution is -0.120. The van der Waals surface area contributed by atoms with E-state index >= 15 is 0 Å². The number of carbonyl (C=O) groups excluding carboxylic acids is 2. The van der Waals surface area contributed by atoms with Crippen LogP contribution in [0, 0.1) is 13.8 Å². The summed E-state index contributed by atoms with van der Waals surface area (Å²) in [6.07, 6.45) is 1.49. The Morgan fingerprint density at radius 3 is 2.50 bits per heavy atom. The highest BCUT2D eigenvalue weighted by molar-refractivity contribution is 7.15. The number of hydrogen-bond donors (Lipinski definition) is 2. The molecule has 194 valence electrons. The summed E-state index contributed by atoms with van der Waals surface area (Å²) in [5, 5.41) is 15.4. The molecule has 0 fully saturated rings. The van der Waals surface area contributed by atoms with Crippen molar-refractivity contribution in [3.05, 3.63) is 100 Å². The van der Waals surface area contributed by atoms with E-state index in [-0.39, 0.29) is 18.2 Å². The highest BCUT2D eigenvalue weighted by Gasteiger charge is 2.12. The normalized spacial score (nSPS) is 10.8. The van der Waals surface area contributed by atoms with Gasteiger partial charge < -0.3 is 9.47 Å². The van der Waals surface area contributed by atoms with Crippen molar-refractivity contribution in [1.82, 2.24) is 15.6 Å². The molecule has 2 amide bonds. The van der Waals surface area contributed by atoms with Gasteiger partial charge in [0.05, 0.1) is 12.6 Å². The summed E-state index contributed by atoms with van der Waals surface area (Å²) in [5.74, 6) is 0.770. The predicted molar refractivity (Wildman–Crippen MR) is 147 cm³/mol. The van der Waals surface area contributed by atoms with Crippen LogP contribution in [0.1, 0.15) is 32.1 Å². The van der Waals surface area contributed by atoms with E-state index in [1.807, 2.05) is 55.5 Å². The lowest BCUT2D eigenvalue weighted by Crippen LogP contribution is -2.19. The molecule has 4 aromatic rings. The SMILES string of the molecule is Cc1ccc(OCCOc2ccccc2C=NNC(=O)Cc2nnc(NC(=O)c3ccccc3)s2)cc1C. The number of aryl methyl sites for hydroxylation is 2. The molecular formula is C28H27N5O4S. The number of carbonyl (C=O) groups is 2. The summed E-state index contributed by atoms with van der Waals surface area (Å²) in [5.41, 5.74) is 6.09. The maximum atomic E-state index is 12.3. The van der Waals surface area contributed by atoms with Crippen LogP contribution in [0.25, 0.3) is 0 Å². The van der Waals surface area contributed by atoms with Crippen molar-refractivity contribution in [1.29, 1.82) is 0 Å². The summed E-state index contributed by atoms with van der Waals surface area (Å²) in [6, 6.07) is 22.1. The van der Waals surface area contributed by atoms with Gasteiger partial charge in [-0.25, -0.2) is 5.43 Å². The molecule has 1 heterocycles. The quantitative estimate of drug-likeness (QED) is 0.167. The molecule has 0 aliphatic heterocycles. The molecule has 0 aliphatic carbocycles. The van der Waals surface area contributed by atoms with E-state index in [2.05, 4.69) is 33.0 Å². The fraction of sp³-hybridized carbons (Fsp3) is 0.179. The summed E-state index contributed by atoms with van der Waals surface area (Å²) in [4.78, 5) is 24.5. The second-order valence-electron chi connectivity index (χ2n) is 8.27. The van der Waals surface area contributed by atoms with Crippen molar-refractivity contribution < 1.29 is 19.1 Å². The van der Waals surface area contributed by atoms with Crippen LogP contribution in [-0.2, 0) is 11.2 Å². The predicted octanol–water partition coefficient (Wildman–Crippen LogP) is 4.56. The van der Waals surface area contributed by atoms with Gasteiger partial charge in [0.15, 0.2) is 0 Å². The Morgan fingerprint density at radius 1 is 0.921 bits per heavy atom. The van der Waals surface area contributed by atoms with E-state index in [9.17, 15) is 9.59 Å². The summed E-state index contributed by atoms with van der Waals surface area (Å²) in [6.45, 7) is 4.85. The van der Waals surface area contributed by atoms with E-state index < -0.39 is 0 Å². The molecule has 0 unspecified atom stereocenters. The number of benzene rings is 3. The summed E-state index contributed by atoms with van der Waals surface area (Å²) < 4.78 is 11.6. The van der Waals surface area contributed by atoms with Crippen LogP contribution in [0.5, 0.6) is 11.5 Å². The highest BCUT2D eigenvalue weighted by Crippen LogP contribution is 2.19. The van der Waals surface area contributed by atoms with Crippen LogP contribution in [0.4, 0.5) is 5.13 Å². The molecule has 0 saturated heterocycles. The lowest BCUT2D eigenvalue weighted by Gasteiger charge is -2.11. The number of para-hydroxylation sites is 1. The van der Waals surface area contributed by atoms with E-state index in [0.29, 0.717) is 40.2 Å². The fourth-order valence-corrected chi connectivity index (χ4v) is 4.05. The number of hydrazone groups is 1. The Morgan fingerprint density at radius 2 is 1.68 bits per heavy atom. The number of nitrogens with one attached hydrogen (secondary N) is 2. The molecule has 10 heteroatoms. The number of ether oxygens (including phenoxy) is 2. The lowest BCUT2D eigenvalue weighted by atomic mass is 10.1. The summed E-state index contributed by atoms with van der Waals surface area (Å²) >= 11 is 1.13.